The highest BCUT2D eigenvalue weighted by Crippen LogP contribution is 2.39. The van der Waals surface area contributed by atoms with E-state index < -0.39 is 5.82 Å². The lowest BCUT2D eigenvalue weighted by Crippen LogP contribution is -2.41. The number of amides is 1. The molecule has 2 saturated heterocycles. The van der Waals surface area contributed by atoms with Gasteiger partial charge in [0.05, 0.1) is 24.5 Å². The summed E-state index contributed by atoms with van der Waals surface area (Å²) in [4.78, 5) is 22.6. The number of aryl methyl sites for hydroxylation is 1. The van der Waals surface area contributed by atoms with Crippen molar-refractivity contribution in [1.29, 1.82) is 0 Å². The van der Waals surface area contributed by atoms with E-state index >= 15 is 4.39 Å². The van der Waals surface area contributed by atoms with Crippen molar-refractivity contribution in [3.8, 4) is 11.4 Å². The molecule has 2 aliphatic carbocycles. The Morgan fingerprint density at radius 3 is 2.70 bits per heavy atom. The van der Waals surface area contributed by atoms with Crippen LogP contribution in [0.2, 0.25) is 0 Å². The Kier molecular flexibility index (Phi) is 5.47. The van der Waals surface area contributed by atoms with Gasteiger partial charge in [-0.2, -0.15) is 5.10 Å². The summed E-state index contributed by atoms with van der Waals surface area (Å²) in [6.07, 6.45) is 6.06. The summed E-state index contributed by atoms with van der Waals surface area (Å²) in [6.45, 7) is 6.47. The van der Waals surface area contributed by atoms with Gasteiger partial charge < -0.3 is 24.8 Å². The van der Waals surface area contributed by atoms with Crippen LogP contribution < -0.4 is 10.6 Å². The Hall–Kier alpha value is -3.50. The summed E-state index contributed by atoms with van der Waals surface area (Å²) in [5.74, 6) is 1.30. The molecule has 2 N–H and O–H groups in total. The number of hydrogen-bond donors (Lipinski definition) is 1. The number of halogens is 1. The van der Waals surface area contributed by atoms with E-state index in [-0.39, 0.29) is 18.0 Å². The van der Waals surface area contributed by atoms with Crippen LogP contribution in [-0.2, 0) is 11.3 Å². The minimum absolute atomic E-state index is 0.0156. The van der Waals surface area contributed by atoms with E-state index in [1.807, 2.05) is 11.8 Å². The molecule has 0 spiro atoms. The highest BCUT2D eigenvalue weighted by molar-refractivity contribution is 5.95. The van der Waals surface area contributed by atoms with Gasteiger partial charge in [0.2, 0.25) is 0 Å². The first-order valence-corrected chi connectivity index (χ1v) is 14.5. The molecule has 208 valence electrons. The molecular formula is C30H34FN7O2. The number of aromatic nitrogens is 4. The second-order valence-electron chi connectivity index (χ2n) is 12.0. The van der Waals surface area contributed by atoms with Crippen molar-refractivity contribution in [2.75, 3.05) is 37.7 Å². The molecule has 2 aliphatic heterocycles. The topological polar surface area (TPSA) is 93.9 Å². The minimum Gasteiger partial charge on any atom is -0.378 e. The third-order valence-corrected chi connectivity index (χ3v) is 9.52. The van der Waals surface area contributed by atoms with Gasteiger partial charge in [-0.25, -0.2) is 13.9 Å². The summed E-state index contributed by atoms with van der Waals surface area (Å²) in [5.41, 5.74) is 10.4. The van der Waals surface area contributed by atoms with Crippen molar-refractivity contribution < 1.29 is 13.9 Å². The summed E-state index contributed by atoms with van der Waals surface area (Å²) in [6, 6.07) is 7.74. The molecule has 4 aromatic rings. The number of ether oxygens (including phenoxy) is 1. The van der Waals surface area contributed by atoms with Crippen LogP contribution >= 0.6 is 0 Å². The van der Waals surface area contributed by atoms with Crippen molar-refractivity contribution in [3.05, 3.63) is 47.4 Å². The van der Waals surface area contributed by atoms with E-state index in [1.54, 1.807) is 10.7 Å². The smallest absolute Gasteiger partial charge is 0.255 e. The maximum absolute atomic E-state index is 15.6. The van der Waals surface area contributed by atoms with Crippen LogP contribution in [0.1, 0.15) is 41.6 Å². The van der Waals surface area contributed by atoms with E-state index in [0.29, 0.717) is 42.7 Å². The highest BCUT2D eigenvalue weighted by atomic mass is 19.1. The molecule has 4 aromatic heterocycles. The molecule has 0 radical (unpaired) electrons. The van der Waals surface area contributed by atoms with Gasteiger partial charge >= 0.3 is 0 Å². The third kappa shape index (κ3) is 3.76. The molecule has 4 aliphatic rings. The number of rotatable bonds is 5. The van der Waals surface area contributed by atoms with Gasteiger partial charge in [-0.05, 0) is 68.7 Å². The molecule has 2 saturated carbocycles. The van der Waals surface area contributed by atoms with Gasteiger partial charge in [-0.15, -0.1) is 0 Å². The maximum atomic E-state index is 15.6. The van der Waals surface area contributed by atoms with Crippen LogP contribution in [0.5, 0.6) is 0 Å². The van der Waals surface area contributed by atoms with Crippen LogP contribution in [0.4, 0.5) is 10.2 Å². The van der Waals surface area contributed by atoms with Crippen LogP contribution in [0.25, 0.3) is 27.9 Å². The molecule has 40 heavy (non-hydrogen) atoms. The first kappa shape index (κ1) is 24.3. The fourth-order valence-electron chi connectivity index (χ4n) is 7.11. The number of pyridine rings is 2. The largest absolute Gasteiger partial charge is 0.378 e. The van der Waals surface area contributed by atoms with Crippen molar-refractivity contribution in [1.82, 2.24) is 24.1 Å². The number of nitrogens with zero attached hydrogens (tertiary/aromatic N) is 6. The van der Waals surface area contributed by atoms with Crippen LogP contribution in [0, 0.1) is 24.6 Å². The van der Waals surface area contributed by atoms with Gasteiger partial charge in [-0.3, -0.25) is 4.79 Å². The van der Waals surface area contributed by atoms with E-state index in [1.165, 1.54) is 18.9 Å². The molecular weight excluding hydrogens is 509 g/mol. The summed E-state index contributed by atoms with van der Waals surface area (Å²) < 4.78 is 25.0. The Morgan fingerprint density at radius 1 is 1.15 bits per heavy atom. The Labute approximate surface area is 231 Å². The summed E-state index contributed by atoms with van der Waals surface area (Å²) >= 11 is 0. The minimum atomic E-state index is -0.437. The fourth-order valence-corrected chi connectivity index (χ4v) is 7.11. The molecule has 0 aromatic carbocycles. The van der Waals surface area contributed by atoms with Crippen LogP contribution in [0.3, 0.4) is 0 Å². The van der Waals surface area contributed by atoms with Gasteiger partial charge in [0, 0.05) is 55.4 Å². The normalized spacial score (nSPS) is 24.6. The van der Waals surface area contributed by atoms with Crippen LogP contribution in [0.15, 0.2) is 30.5 Å². The molecule has 6 heterocycles. The number of carbonyl (C=O) groups excluding carboxylic acids is 1. The molecule has 8 rings (SSSR count). The first-order valence-electron chi connectivity index (χ1n) is 14.5. The number of carbonyl (C=O) groups is 1. The lowest BCUT2D eigenvalue weighted by atomic mass is 10.1. The zero-order valence-electron chi connectivity index (χ0n) is 22.7. The van der Waals surface area contributed by atoms with E-state index in [4.69, 9.17) is 20.6 Å². The number of hydrogen-bond acceptors (Lipinski definition) is 6. The van der Waals surface area contributed by atoms with Crippen molar-refractivity contribution in [2.24, 2.45) is 17.6 Å². The molecule has 4 fully saturated rings. The SMILES string of the molecule is Cc1c(-c2cc3ccc(N4CCOCC4)nc3n2CC2CC2)nn2cc(C(=O)N3CC4CCC3[C@@H]4N)cc(F)c12. The number of morpholine rings is 1. The standard InChI is InChI=1S/C30H34FN7O2/c1-17-27(34-38-16-21(12-22(31)28(17)38)30(39)37-15-20-4-6-23(37)26(20)32)24-13-19-5-7-25(35-8-10-40-11-9-35)33-29(19)36(24)14-18-2-3-18/h5,7,12-13,16,18,20,23,26H,2-4,6,8-11,14-15,32H2,1H3/t20?,23?,26-/m1/s1. The summed E-state index contributed by atoms with van der Waals surface area (Å²) in [5, 5.41) is 5.92. The Bertz CT molecular complexity index is 1650. The number of likely N-dealkylation sites (tertiary alicyclic amines) is 1. The fraction of sp³-hybridized carbons (Fsp3) is 0.500. The number of piperidine rings is 1. The maximum Gasteiger partial charge on any atom is 0.255 e. The van der Waals surface area contributed by atoms with E-state index in [0.717, 1.165) is 66.3 Å². The lowest BCUT2D eigenvalue weighted by molar-refractivity contribution is 0.0699. The predicted molar refractivity (Wildman–Crippen MR) is 150 cm³/mol. The molecule has 2 unspecified atom stereocenters. The lowest BCUT2D eigenvalue weighted by Gasteiger charge is -2.27. The average Bonchev–Trinajstić information content (AvgIpc) is 3.37. The van der Waals surface area contributed by atoms with Gasteiger partial charge in [0.1, 0.15) is 28.5 Å². The number of nitrogens with two attached hydrogens (primary N) is 1. The van der Waals surface area contributed by atoms with Gasteiger partial charge in [0.25, 0.3) is 5.91 Å². The third-order valence-electron chi connectivity index (χ3n) is 9.52. The predicted octanol–water partition coefficient (Wildman–Crippen LogP) is 3.61. The number of fused-ring (bicyclic) bond motifs is 4. The Morgan fingerprint density at radius 2 is 1.98 bits per heavy atom. The quantitative estimate of drug-likeness (QED) is 0.414. The van der Waals surface area contributed by atoms with Crippen molar-refractivity contribution in [2.45, 2.75) is 51.2 Å². The molecule has 2 bridgehead atoms. The van der Waals surface area contributed by atoms with E-state index in [9.17, 15) is 4.79 Å². The molecule has 9 nitrogen and oxygen atoms in total. The zero-order chi connectivity index (χ0) is 27.1. The average molecular weight is 544 g/mol. The first-order chi connectivity index (χ1) is 19.5. The molecule has 1 amide bonds. The second-order valence-corrected chi connectivity index (χ2v) is 12.0. The van der Waals surface area contributed by atoms with E-state index in [2.05, 4.69) is 27.7 Å². The van der Waals surface area contributed by atoms with Crippen LogP contribution in [-0.4, -0.2) is 74.9 Å². The zero-order valence-corrected chi connectivity index (χ0v) is 22.7. The molecule has 3 atom stereocenters. The van der Waals surface area contributed by atoms with Crippen molar-refractivity contribution in [3.63, 3.8) is 0 Å². The van der Waals surface area contributed by atoms with Gasteiger partial charge in [0.15, 0.2) is 0 Å². The molecule has 10 heteroatoms. The summed E-state index contributed by atoms with van der Waals surface area (Å²) in [7, 11) is 0. The Balaban J connectivity index is 1.21. The van der Waals surface area contributed by atoms with Gasteiger partial charge in [-0.1, -0.05) is 0 Å². The monoisotopic (exact) mass is 543 g/mol. The second kappa shape index (κ2) is 9.01. The highest BCUT2D eigenvalue weighted by Gasteiger charge is 2.47. The number of anilines is 1. The van der Waals surface area contributed by atoms with Crippen molar-refractivity contribution >= 4 is 28.3 Å².